The Kier molecular flexibility index (Phi) is 3.93. The maximum Gasteiger partial charge on any atom is 0.266 e. The van der Waals surface area contributed by atoms with E-state index in [0.29, 0.717) is 24.1 Å². The highest BCUT2D eigenvalue weighted by atomic mass is 32.2. The van der Waals surface area contributed by atoms with Gasteiger partial charge in [0, 0.05) is 19.4 Å². The lowest BCUT2D eigenvalue weighted by Crippen LogP contribution is -2.50. The van der Waals surface area contributed by atoms with Crippen LogP contribution in [0.25, 0.3) is 0 Å². The van der Waals surface area contributed by atoms with Gasteiger partial charge in [-0.05, 0) is 49.6 Å². The summed E-state index contributed by atoms with van der Waals surface area (Å²) in [5, 5.41) is 9.57. The van der Waals surface area contributed by atoms with Gasteiger partial charge < -0.3 is 9.67 Å². The van der Waals surface area contributed by atoms with E-state index in [0.717, 1.165) is 0 Å². The molecule has 5 nitrogen and oxygen atoms in total. The summed E-state index contributed by atoms with van der Waals surface area (Å²) in [5.41, 5.74) is 0.806. The molecule has 7 heteroatoms. The van der Waals surface area contributed by atoms with Crippen LogP contribution in [0.5, 0.6) is 0 Å². The molecule has 0 bridgehead atoms. The van der Waals surface area contributed by atoms with Gasteiger partial charge in [0.1, 0.15) is 10.7 Å². The van der Waals surface area contributed by atoms with Crippen LogP contribution in [0.2, 0.25) is 0 Å². The van der Waals surface area contributed by atoms with Crippen LogP contribution in [0.4, 0.5) is 10.1 Å². The minimum atomic E-state index is -3.77. The van der Waals surface area contributed by atoms with Gasteiger partial charge in [0.15, 0.2) is 0 Å². The summed E-state index contributed by atoms with van der Waals surface area (Å²) < 4.78 is 42.5. The number of nitrogens with zero attached hydrogens (tertiary/aromatic N) is 2. The average molecular weight is 338 g/mol. The molecule has 0 saturated heterocycles. The van der Waals surface area contributed by atoms with E-state index in [2.05, 4.69) is 0 Å². The fraction of sp³-hybridized carbons (Fsp3) is 0.375. The molecule has 0 atom stereocenters. The molecule has 1 aromatic heterocycles. The van der Waals surface area contributed by atoms with Gasteiger partial charge in [-0.3, -0.25) is 4.31 Å². The van der Waals surface area contributed by atoms with Gasteiger partial charge in [-0.2, -0.15) is 0 Å². The molecule has 1 heterocycles. The zero-order chi connectivity index (χ0) is 16.8. The molecule has 1 fully saturated rings. The number of hydrogen-bond acceptors (Lipinski definition) is 3. The van der Waals surface area contributed by atoms with Crippen molar-refractivity contribution in [3.05, 3.63) is 48.0 Å². The molecule has 1 aliphatic carbocycles. The van der Waals surface area contributed by atoms with E-state index in [9.17, 15) is 17.9 Å². The van der Waals surface area contributed by atoms with Gasteiger partial charge >= 0.3 is 0 Å². The fourth-order valence-electron chi connectivity index (χ4n) is 2.81. The van der Waals surface area contributed by atoms with E-state index in [-0.39, 0.29) is 16.8 Å². The second-order valence-corrected chi connectivity index (χ2v) is 7.84. The molecule has 0 unspecified atom stereocenters. The molecule has 1 aromatic carbocycles. The van der Waals surface area contributed by atoms with Crippen molar-refractivity contribution in [3.63, 3.8) is 0 Å². The fourth-order valence-corrected chi connectivity index (χ4v) is 4.52. The maximum atomic E-state index is 13.5. The third kappa shape index (κ3) is 2.86. The lowest BCUT2D eigenvalue weighted by atomic mass is 9.89. The van der Waals surface area contributed by atoms with E-state index < -0.39 is 16.1 Å². The molecule has 2 aromatic rings. The van der Waals surface area contributed by atoms with E-state index in [4.69, 9.17) is 0 Å². The largest absolute Gasteiger partial charge is 0.393 e. The summed E-state index contributed by atoms with van der Waals surface area (Å²) in [6, 6.07) is 5.48. The van der Waals surface area contributed by atoms with Crippen molar-refractivity contribution in [2.45, 2.75) is 36.8 Å². The predicted octanol–water partition coefficient (Wildman–Crippen LogP) is 2.19. The molecule has 3 rings (SSSR count). The summed E-state index contributed by atoms with van der Waals surface area (Å²) in [6.45, 7) is 1.60. The van der Waals surface area contributed by atoms with Crippen molar-refractivity contribution in [2.75, 3.05) is 4.31 Å². The van der Waals surface area contributed by atoms with E-state index in [1.54, 1.807) is 24.7 Å². The number of sulfonamides is 1. The first-order chi connectivity index (χ1) is 10.8. The predicted molar refractivity (Wildman–Crippen MR) is 85.2 cm³/mol. The third-order valence-corrected chi connectivity index (χ3v) is 6.04. The first-order valence-electron chi connectivity index (χ1n) is 7.39. The number of aromatic nitrogens is 1. The molecule has 0 amide bonds. The number of anilines is 1. The Labute approximate surface area is 135 Å². The van der Waals surface area contributed by atoms with Crippen LogP contribution >= 0.6 is 0 Å². The van der Waals surface area contributed by atoms with Crippen molar-refractivity contribution >= 4 is 15.7 Å². The van der Waals surface area contributed by atoms with Crippen LogP contribution in [0, 0.1) is 12.7 Å². The topological polar surface area (TPSA) is 62.5 Å². The van der Waals surface area contributed by atoms with Crippen LogP contribution in [-0.2, 0) is 17.1 Å². The second-order valence-electron chi connectivity index (χ2n) is 6.03. The first-order valence-corrected chi connectivity index (χ1v) is 8.83. The van der Waals surface area contributed by atoms with Crippen LogP contribution in [-0.4, -0.2) is 30.2 Å². The minimum Gasteiger partial charge on any atom is -0.393 e. The van der Waals surface area contributed by atoms with Gasteiger partial charge in [-0.1, -0.05) is 0 Å². The zero-order valence-corrected chi connectivity index (χ0v) is 13.8. The van der Waals surface area contributed by atoms with Gasteiger partial charge in [0.25, 0.3) is 10.0 Å². The quantitative estimate of drug-likeness (QED) is 0.929. The van der Waals surface area contributed by atoms with Crippen molar-refractivity contribution in [1.82, 2.24) is 4.57 Å². The number of rotatable bonds is 4. The lowest BCUT2D eigenvalue weighted by Gasteiger charge is -2.41. The van der Waals surface area contributed by atoms with Crippen LogP contribution in [0.15, 0.2) is 41.6 Å². The zero-order valence-electron chi connectivity index (χ0n) is 13.0. The molecule has 1 saturated carbocycles. The maximum absolute atomic E-state index is 13.5. The van der Waals surface area contributed by atoms with Crippen molar-refractivity contribution < 1.29 is 17.9 Å². The lowest BCUT2D eigenvalue weighted by molar-refractivity contribution is 0.0786. The Hall–Kier alpha value is -1.86. The van der Waals surface area contributed by atoms with Crippen molar-refractivity contribution in [2.24, 2.45) is 7.05 Å². The molecule has 1 N–H and O–H groups in total. The van der Waals surface area contributed by atoms with Crippen LogP contribution in [0.1, 0.15) is 18.4 Å². The van der Waals surface area contributed by atoms with E-state index in [1.165, 1.54) is 34.8 Å². The van der Waals surface area contributed by atoms with Crippen LogP contribution < -0.4 is 4.31 Å². The minimum absolute atomic E-state index is 0.184. The van der Waals surface area contributed by atoms with Gasteiger partial charge in [0.2, 0.25) is 0 Å². The Bertz CT molecular complexity index is 826. The Balaban J connectivity index is 2.07. The highest BCUT2D eigenvalue weighted by Crippen LogP contribution is 2.35. The number of aryl methyl sites for hydroxylation is 2. The number of halogens is 1. The molecule has 0 spiro atoms. The SMILES string of the molecule is Cc1cc(N(C2CC(O)C2)S(=O)(=O)c2ccn(C)c2)ccc1F. The Morgan fingerprint density at radius 2 is 2.00 bits per heavy atom. The highest BCUT2D eigenvalue weighted by Gasteiger charge is 2.40. The van der Waals surface area contributed by atoms with Gasteiger partial charge in [-0.15, -0.1) is 0 Å². The molecule has 0 aliphatic heterocycles. The number of aliphatic hydroxyl groups is 1. The summed E-state index contributed by atoms with van der Waals surface area (Å²) >= 11 is 0. The molecule has 1 aliphatic rings. The van der Waals surface area contributed by atoms with Crippen molar-refractivity contribution in [1.29, 1.82) is 0 Å². The highest BCUT2D eigenvalue weighted by molar-refractivity contribution is 7.92. The first kappa shape index (κ1) is 16.0. The summed E-state index contributed by atoms with van der Waals surface area (Å²) in [7, 11) is -2.02. The summed E-state index contributed by atoms with van der Waals surface area (Å²) in [5.74, 6) is -0.376. The standard InChI is InChI=1S/C16H19FN2O3S/c1-11-7-12(3-4-16(11)17)19(13-8-14(20)9-13)23(21,22)15-5-6-18(2)10-15/h3-7,10,13-14,20H,8-9H2,1-2H3. The molecule has 124 valence electrons. The van der Waals surface area contributed by atoms with Gasteiger partial charge in [0.05, 0.1) is 17.8 Å². The number of aliphatic hydroxyl groups excluding tert-OH is 1. The van der Waals surface area contributed by atoms with E-state index in [1.807, 2.05) is 0 Å². The average Bonchev–Trinajstić information content (AvgIpc) is 2.88. The second kappa shape index (κ2) is 5.65. The number of benzene rings is 1. The Morgan fingerprint density at radius 3 is 2.52 bits per heavy atom. The molecular weight excluding hydrogens is 319 g/mol. The molecular formula is C16H19FN2O3S. The third-order valence-electron chi connectivity index (χ3n) is 4.18. The normalized spacial score (nSPS) is 21.0. The summed E-state index contributed by atoms with van der Waals surface area (Å²) in [4.78, 5) is 0.184. The molecule has 0 radical (unpaired) electrons. The van der Waals surface area contributed by atoms with Crippen molar-refractivity contribution in [3.8, 4) is 0 Å². The van der Waals surface area contributed by atoms with Gasteiger partial charge in [-0.25, -0.2) is 12.8 Å². The van der Waals surface area contributed by atoms with Crippen LogP contribution in [0.3, 0.4) is 0 Å². The summed E-state index contributed by atoms with van der Waals surface area (Å²) in [6.07, 6.45) is 3.46. The smallest absolute Gasteiger partial charge is 0.266 e. The monoisotopic (exact) mass is 338 g/mol. The number of hydrogen-bond donors (Lipinski definition) is 1. The molecule has 23 heavy (non-hydrogen) atoms. The Morgan fingerprint density at radius 1 is 1.30 bits per heavy atom. The van der Waals surface area contributed by atoms with E-state index >= 15 is 0 Å².